The number of nitrogens with zero attached hydrogens (tertiary/aromatic N) is 4. The van der Waals surface area contributed by atoms with Gasteiger partial charge in [-0.3, -0.25) is 14.7 Å². The summed E-state index contributed by atoms with van der Waals surface area (Å²) in [6, 6.07) is 15.7. The highest BCUT2D eigenvalue weighted by Crippen LogP contribution is 2.24. The molecule has 0 bridgehead atoms. The fraction of sp³-hybridized carbons (Fsp3) is 0. The fourth-order valence-electron chi connectivity index (χ4n) is 2.12. The summed E-state index contributed by atoms with van der Waals surface area (Å²) >= 11 is 4.99. The summed E-state index contributed by atoms with van der Waals surface area (Å²) in [7, 11) is 0. The number of rotatable bonds is 4. The molecule has 0 radical (unpaired) electrons. The van der Waals surface area contributed by atoms with Gasteiger partial charge in [-0.05, 0) is 24.3 Å². The third kappa shape index (κ3) is 2.49. The first kappa shape index (κ1) is 14.0. The van der Waals surface area contributed by atoms with Crippen LogP contribution in [-0.4, -0.2) is 25.1 Å². The lowest BCUT2D eigenvalue weighted by atomic mass is 10.2. The maximum Gasteiger partial charge on any atom is 0.269 e. The molecule has 6 nitrogen and oxygen atoms in total. The zero-order valence-corrected chi connectivity index (χ0v) is 12.1. The Bertz CT molecular complexity index is 829. The van der Waals surface area contributed by atoms with Crippen molar-refractivity contribution in [1.29, 1.82) is 0 Å². The van der Waals surface area contributed by atoms with Gasteiger partial charge in [0.15, 0.2) is 11.6 Å². The van der Waals surface area contributed by atoms with Gasteiger partial charge in [-0.15, -0.1) is 10.2 Å². The van der Waals surface area contributed by atoms with Crippen molar-refractivity contribution in [2.75, 3.05) is 0 Å². The van der Waals surface area contributed by atoms with E-state index in [0.717, 1.165) is 11.3 Å². The van der Waals surface area contributed by atoms with Crippen molar-refractivity contribution in [2.24, 2.45) is 0 Å². The Balaban J connectivity index is 2.14. The van der Waals surface area contributed by atoms with Crippen LogP contribution in [0, 0.1) is 10.1 Å². The van der Waals surface area contributed by atoms with Gasteiger partial charge in [0, 0.05) is 28.8 Å². The largest absolute Gasteiger partial charge is 0.275 e. The molecule has 3 aromatic rings. The summed E-state index contributed by atoms with van der Waals surface area (Å²) in [4.78, 5) is 10.3. The Morgan fingerprint density at radius 2 is 1.73 bits per heavy atom. The minimum absolute atomic E-state index is 0.0320. The van der Waals surface area contributed by atoms with E-state index >= 15 is 0 Å². The van der Waals surface area contributed by atoms with Crippen LogP contribution in [0.5, 0.6) is 0 Å². The lowest BCUT2D eigenvalue weighted by molar-refractivity contribution is -0.384. The molecule has 0 saturated heterocycles. The molecule has 0 aliphatic carbocycles. The third-order valence-corrected chi connectivity index (χ3v) is 3.36. The van der Waals surface area contributed by atoms with Crippen LogP contribution in [-0.2, 0) is 0 Å². The third-order valence-electron chi connectivity index (χ3n) is 3.14. The van der Waals surface area contributed by atoms with Gasteiger partial charge < -0.3 is 0 Å². The van der Waals surface area contributed by atoms with E-state index in [0.29, 0.717) is 11.6 Å². The molecule has 22 heavy (non-hydrogen) atoms. The normalized spacial score (nSPS) is 10.4. The summed E-state index contributed by atoms with van der Waals surface area (Å²) in [6.45, 7) is 0. The summed E-state index contributed by atoms with van der Waals surface area (Å²) in [5.41, 5.74) is 1.63. The monoisotopic (exact) mass is 310 g/mol. The van der Waals surface area contributed by atoms with Gasteiger partial charge in [0.05, 0.1) is 4.92 Å². The van der Waals surface area contributed by atoms with E-state index in [-0.39, 0.29) is 5.69 Å². The van der Waals surface area contributed by atoms with Crippen molar-refractivity contribution >= 4 is 23.3 Å². The first-order valence-electron chi connectivity index (χ1n) is 6.41. The highest BCUT2D eigenvalue weighted by molar-refractivity contribution is 7.79. The number of benzene rings is 2. The van der Waals surface area contributed by atoms with Crippen LogP contribution in [0.4, 0.5) is 5.69 Å². The molecule has 0 spiro atoms. The van der Waals surface area contributed by atoms with E-state index in [9.17, 15) is 10.1 Å². The Morgan fingerprint density at radius 3 is 2.32 bits per heavy atom. The summed E-state index contributed by atoms with van der Waals surface area (Å²) in [5.74, 6) is 1.12. The molecule has 0 aliphatic heterocycles. The van der Waals surface area contributed by atoms with Crippen LogP contribution in [0.1, 0.15) is 5.82 Å². The molecule has 7 heteroatoms. The molecule has 0 amide bonds. The number of aromatic nitrogens is 3. The molecule has 108 valence electrons. The number of hydrogen-bond acceptors (Lipinski definition) is 5. The molecule has 0 unspecified atom stereocenters. The zero-order chi connectivity index (χ0) is 15.5. The van der Waals surface area contributed by atoms with Crippen LogP contribution in [0.15, 0.2) is 54.6 Å². The van der Waals surface area contributed by atoms with Gasteiger partial charge >= 0.3 is 0 Å². The zero-order valence-electron chi connectivity index (χ0n) is 11.3. The average Bonchev–Trinajstić information content (AvgIpc) is 2.99. The molecular formula is C15H10N4O2S. The molecule has 0 N–H and O–H groups in total. The Morgan fingerprint density at radius 1 is 1.05 bits per heavy atom. The molecule has 1 heterocycles. The number of hydrogen-bond donors (Lipinski definition) is 0. The quantitative estimate of drug-likeness (QED) is 0.420. The van der Waals surface area contributed by atoms with Crippen LogP contribution in [0.25, 0.3) is 17.1 Å². The minimum Gasteiger partial charge on any atom is -0.275 e. The van der Waals surface area contributed by atoms with E-state index < -0.39 is 4.92 Å². The van der Waals surface area contributed by atoms with Gasteiger partial charge in [-0.25, -0.2) is 0 Å². The number of para-hydroxylation sites is 1. The van der Waals surface area contributed by atoms with Crippen molar-refractivity contribution in [1.82, 2.24) is 14.8 Å². The maximum atomic E-state index is 10.7. The number of thiocarbonyl (C=S) groups is 1. The standard InChI is InChI=1S/C15H10N4O2S/c20-19(21)13-8-6-11(7-9-13)15-17-16-14(10-22)18(15)12-4-2-1-3-5-12/h1-10H. The van der Waals surface area contributed by atoms with Crippen molar-refractivity contribution in [2.45, 2.75) is 0 Å². The van der Waals surface area contributed by atoms with E-state index in [1.165, 1.54) is 17.5 Å². The van der Waals surface area contributed by atoms with Gasteiger partial charge in [-0.1, -0.05) is 30.4 Å². The molecule has 0 atom stereocenters. The Labute approximate surface area is 131 Å². The van der Waals surface area contributed by atoms with E-state index in [1.54, 1.807) is 12.1 Å². The van der Waals surface area contributed by atoms with Crippen LogP contribution >= 0.6 is 12.2 Å². The lowest BCUT2D eigenvalue weighted by Crippen LogP contribution is -2.01. The molecule has 2 aromatic carbocycles. The van der Waals surface area contributed by atoms with Crippen LogP contribution in [0.2, 0.25) is 0 Å². The van der Waals surface area contributed by atoms with E-state index in [1.807, 2.05) is 34.9 Å². The summed E-state index contributed by atoms with van der Waals surface area (Å²) < 4.78 is 1.81. The molecular weight excluding hydrogens is 300 g/mol. The fourth-order valence-corrected chi connectivity index (χ4v) is 2.28. The van der Waals surface area contributed by atoms with Crippen molar-refractivity contribution in [3.05, 3.63) is 70.5 Å². The van der Waals surface area contributed by atoms with Crippen molar-refractivity contribution in [3.63, 3.8) is 0 Å². The molecule has 0 fully saturated rings. The SMILES string of the molecule is O=[N+]([O-])c1ccc(-c2nnc(C=S)n2-c2ccccc2)cc1. The lowest BCUT2D eigenvalue weighted by Gasteiger charge is -2.08. The van der Waals surface area contributed by atoms with Crippen molar-refractivity contribution in [3.8, 4) is 17.1 Å². The summed E-state index contributed by atoms with van der Waals surface area (Å²) in [6.07, 6.45) is 0. The maximum absolute atomic E-state index is 10.7. The first-order chi connectivity index (χ1) is 10.7. The average molecular weight is 310 g/mol. The second kappa shape index (κ2) is 5.82. The number of nitro benzene ring substituents is 1. The topological polar surface area (TPSA) is 73.8 Å². The van der Waals surface area contributed by atoms with Gasteiger partial charge in [0.25, 0.3) is 5.69 Å². The van der Waals surface area contributed by atoms with E-state index in [4.69, 9.17) is 12.2 Å². The van der Waals surface area contributed by atoms with Gasteiger partial charge in [0.1, 0.15) is 0 Å². The Hall–Kier alpha value is -2.93. The molecule has 1 aromatic heterocycles. The van der Waals surface area contributed by atoms with E-state index in [2.05, 4.69) is 10.2 Å². The van der Waals surface area contributed by atoms with Crippen LogP contribution < -0.4 is 0 Å². The smallest absolute Gasteiger partial charge is 0.269 e. The van der Waals surface area contributed by atoms with Gasteiger partial charge in [-0.2, -0.15) is 0 Å². The summed E-state index contributed by atoms with van der Waals surface area (Å²) in [5, 5.41) is 20.4. The number of nitro groups is 1. The second-order valence-corrected chi connectivity index (χ2v) is 4.71. The molecule has 3 rings (SSSR count). The van der Waals surface area contributed by atoms with Crippen molar-refractivity contribution < 1.29 is 4.92 Å². The highest BCUT2D eigenvalue weighted by Gasteiger charge is 2.15. The highest BCUT2D eigenvalue weighted by atomic mass is 32.1. The predicted octanol–water partition coefficient (Wildman–Crippen LogP) is 3.19. The minimum atomic E-state index is -0.436. The molecule has 0 saturated carbocycles. The Kier molecular flexibility index (Phi) is 3.71. The second-order valence-electron chi connectivity index (χ2n) is 4.47. The first-order valence-corrected chi connectivity index (χ1v) is 6.88. The number of non-ortho nitro benzene ring substituents is 1. The predicted molar refractivity (Wildman–Crippen MR) is 86.2 cm³/mol. The van der Waals surface area contributed by atoms with Crippen LogP contribution in [0.3, 0.4) is 0 Å². The van der Waals surface area contributed by atoms with Gasteiger partial charge in [0.2, 0.25) is 0 Å². The molecule has 0 aliphatic rings.